The highest BCUT2D eigenvalue weighted by Crippen LogP contribution is 2.18. The minimum absolute atomic E-state index is 0.149. The normalized spacial score (nSPS) is 11.5. The third kappa shape index (κ3) is 4.18. The van der Waals surface area contributed by atoms with Crippen molar-refractivity contribution in [3.05, 3.63) is 59.7 Å². The van der Waals surface area contributed by atoms with Gasteiger partial charge in [0.2, 0.25) is 15.9 Å². The van der Waals surface area contributed by atoms with E-state index in [9.17, 15) is 13.2 Å². The fourth-order valence-electron chi connectivity index (χ4n) is 2.13. The number of hydrogen-bond acceptors (Lipinski definition) is 3. The molecule has 0 aromatic heterocycles. The van der Waals surface area contributed by atoms with Crippen LogP contribution in [0.4, 0.5) is 5.69 Å². The SMILES string of the molecule is Cc1ccccc1CC(=O)Nc1cccc(S(=O)(=O)N(C)C)c1. The minimum Gasteiger partial charge on any atom is -0.326 e. The van der Waals surface area contributed by atoms with E-state index in [-0.39, 0.29) is 17.2 Å². The zero-order chi connectivity index (χ0) is 17.0. The molecule has 0 unspecified atom stereocenters. The number of benzene rings is 2. The summed E-state index contributed by atoms with van der Waals surface area (Å²) >= 11 is 0. The summed E-state index contributed by atoms with van der Waals surface area (Å²) in [4.78, 5) is 12.3. The quantitative estimate of drug-likeness (QED) is 0.914. The van der Waals surface area contributed by atoms with Crippen LogP contribution in [0.3, 0.4) is 0 Å². The van der Waals surface area contributed by atoms with E-state index >= 15 is 0 Å². The van der Waals surface area contributed by atoms with Crippen molar-refractivity contribution >= 4 is 21.6 Å². The van der Waals surface area contributed by atoms with E-state index in [0.29, 0.717) is 5.69 Å². The average molecular weight is 332 g/mol. The van der Waals surface area contributed by atoms with Crippen LogP contribution in [-0.2, 0) is 21.2 Å². The summed E-state index contributed by atoms with van der Waals surface area (Å²) in [5.41, 5.74) is 2.46. The molecule has 2 aromatic carbocycles. The Morgan fingerprint density at radius 1 is 1.09 bits per heavy atom. The first-order valence-electron chi connectivity index (χ1n) is 7.17. The van der Waals surface area contributed by atoms with Crippen LogP contribution in [0.1, 0.15) is 11.1 Å². The summed E-state index contributed by atoms with van der Waals surface area (Å²) in [7, 11) is -0.577. The Labute approximate surface area is 137 Å². The van der Waals surface area contributed by atoms with Gasteiger partial charge in [0.15, 0.2) is 0 Å². The molecule has 1 N–H and O–H groups in total. The van der Waals surface area contributed by atoms with Crippen molar-refractivity contribution in [3.63, 3.8) is 0 Å². The van der Waals surface area contributed by atoms with E-state index in [1.165, 1.54) is 26.2 Å². The number of nitrogens with zero attached hydrogens (tertiary/aromatic N) is 1. The van der Waals surface area contributed by atoms with Crippen molar-refractivity contribution in [1.82, 2.24) is 4.31 Å². The number of hydrogen-bond donors (Lipinski definition) is 1. The van der Waals surface area contributed by atoms with Gasteiger partial charge in [0.1, 0.15) is 0 Å². The zero-order valence-electron chi connectivity index (χ0n) is 13.4. The third-order valence-corrected chi connectivity index (χ3v) is 5.32. The number of anilines is 1. The van der Waals surface area contributed by atoms with Crippen LogP contribution in [0.2, 0.25) is 0 Å². The van der Waals surface area contributed by atoms with E-state index in [1.54, 1.807) is 12.1 Å². The molecule has 0 heterocycles. The molecule has 1 amide bonds. The summed E-state index contributed by atoms with van der Waals surface area (Å²) in [6.45, 7) is 1.95. The van der Waals surface area contributed by atoms with E-state index in [4.69, 9.17) is 0 Å². The fraction of sp³-hybridized carbons (Fsp3) is 0.235. The highest BCUT2D eigenvalue weighted by Gasteiger charge is 2.17. The van der Waals surface area contributed by atoms with Crippen LogP contribution >= 0.6 is 0 Å². The molecule has 23 heavy (non-hydrogen) atoms. The van der Waals surface area contributed by atoms with Gasteiger partial charge >= 0.3 is 0 Å². The predicted molar refractivity (Wildman–Crippen MR) is 90.8 cm³/mol. The first-order chi connectivity index (χ1) is 10.8. The lowest BCUT2D eigenvalue weighted by atomic mass is 10.1. The van der Waals surface area contributed by atoms with Crippen molar-refractivity contribution in [2.75, 3.05) is 19.4 Å². The molecular formula is C17H20N2O3S. The van der Waals surface area contributed by atoms with Gasteiger partial charge in [-0.1, -0.05) is 30.3 Å². The van der Waals surface area contributed by atoms with Gasteiger partial charge in [-0.2, -0.15) is 0 Å². The number of nitrogens with one attached hydrogen (secondary N) is 1. The molecule has 122 valence electrons. The van der Waals surface area contributed by atoms with Gasteiger partial charge in [0, 0.05) is 19.8 Å². The van der Waals surface area contributed by atoms with E-state index in [2.05, 4.69) is 5.32 Å². The lowest BCUT2D eigenvalue weighted by Gasteiger charge is -2.13. The number of sulfonamides is 1. The summed E-state index contributed by atoms with van der Waals surface area (Å²) in [6, 6.07) is 13.9. The summed E-state index contributed by atoms with van der Waals surface area (Å²) in [6.07, 6.45) is 0.247. The summed E-state index contributed by atoms with van der Waals surface area (Å²) < 4.78 is 25.4. The molecule has 0 aliphatic rings. The van der Waals surface area contributed by atoms with Crippen molar-refractivity contribution in [2.24, 2.45) is 0 Å². The molecule has 0 spiro atoms. The molecule has 0 atom stereocenters. The van der Waals surface area contributed by atoms with E-state index < -0.39 is 10.0 Å². The Morgan fingerprint density at radius 3 is 2.43 bits per heavy atom. The van der Waals surface area contributed by atoms with Crippen molar-refractivity contribution in [1.29, 1.82) is 0 Å². The van der Waals surface area contributed by atoms with Crippen LogP contribution in [-0.4, -0.2) is 32.7 Å². The average Bonchev–Trinajstić information content (AvgIpc) is 2.49. The van der Waals surface area contributed by atoms with Gasteiger partial charge < -0.3 is 5.32 Å². The van der Waals surface area contributed by atoms with Gasteiger partial charge in [-0.15, -0.1) is 0 Å². The Bertz CT molecular complexity index is 814. The number of amides is 1. The second kappa shape index (κ2) is 6.93. The molecule has 0 aliphatic heterocycles. The molecule has 0 saturated heterocycles. The minimum atomic E-state index is -3.52. The largest absolute Gasteiger partial charge is 0.326 e. The first kappa shape index (κ1) is 17.2. The molecule has 2 rings (SSSR count). The molecule has 0 bridgehead atoms. The number of aryl methyl sites for hydroxylation is 1. The topological polar surface area (TPSA) is 66.5 Å². The van der Waals surface area contributed by atoms with E-state index in [0.717, 1.165) is 15.4 Å². The van der Waals surface area contributed by atoms with Gasteiger partial charge in [-0.25, -0.2) is 12.7 Å². The molecular weight excluding hydrogens is 312 g/mol. The fourth-order valence-corrected chi connectivity index (χ4v) is 3.08. The lowest BCUT2D eigenvalue weighted by molar-refractivity contribution is -0.115. The van der Waals surface area contributed by atoms with Gasteiger partial charge in [0.25, 0.3) is 0 Å². The highest BCUT2D eigenvalue weighted by molar-refractivity contribution is 7.89. The highest BCUT2D eigenvalue weighted by atomic mass is 32.2. The summed E-state index contributed by atoms with van der Waals surface area (Å²) in [5.74, 6) is -0.182. The van der Waals surface area contributed by atoms with Crippen molar-refractivity contribution < 1.29 is 13.2 Å². The summed E-state index contributed by atoms with van der Waals surface area (Å²) in [5, 5.41) is 2.75. The monoisotopic (exact) mass is 332 g/mol. The molecule has 2 aromatic rings. The van der Waals surface area contributed by atoms with Crippen LogP contribution in [0.25, 0.3) is 0 Å². The smallest absolute Gasteiger partial charge is 0.242 e. The third-order valence-electron chi connectivity index (χ3n) is 3.51. The molecule has 0 saturated carbocycles. The first-order valence-corrected chi connectivity index (χ1v) is 8.61. The van der Waals surface area contributed by atoms with Crippen LogP contribution < -0.4 is 5.32 Å². The predicted octanol–water partition coefficient (Wildman–Crippen LogP) is 2.43. The number of carbonyl (C=O) groups is 1. The van der Waals surface area contributed by atoms with Gasteiger partial charge in [-0.3, -0.25) is 4.79 Å². The standard InChI is InChI=1S/C17H20N2O3S/c1-13-7-4-5-8-14(13)11-17(20)18-15-9-6-10-16(12-15)23(21,22)19(2)3/h4-10,12H,11H2,1-3H3,(H,18,20). The van der Waals surface area contributed by atoms with E-state index in [1.807, 2.05) is 31.2 Å². The molecule has 5 nitrogen and oxygen atoms in total. The van der Waals surface area contributed by atoms with Crippen molar-refractivity contribution in [3.8, 4) is 0 Å². The van der Waals surface area contributed by atoms with Crippen LogP contribution in [0.15, 0.2) is 53.4 Å². The Morgan fingerprint density at radius 2 is 1.78 bits per heavy atom. The zero-order valence-corrected chi connectivity index (χ0v) is 14.2. The van der Waals surface area contributed by atoms with Gasteiger partial charge in [-0.05, 0) is 36.2 Å². The lowest BCUT2D eigenvalue weighted by Crippen LogP contribution is -2.22. The molecule has 0 aliphatic carbocycles. The number of carbonyl (C=O) groups excluding carboxylic acids is 1. The van der Waals surface area contributed by atoms with Crippen LogP contribution in [0, 0.1) is 6.92 Å². The van der Waals surface area contributed by atoms with Crippen molar-refractivity contribution in [2.45, 2.75) is 18.2 Å². The maximum Gasteiger partial charge on any atom is 0.242 e. The number of rotatable bonds is 5. The Balaban J connectivity index is 2.15. The molecule has 0 radical (unpaired) electrons. The second-order valence-electron chi connectivity index (χ2n) is 5.47. The maximum absolute atomic E-state index is 12.2. The molecule has 6 heteroatoms. The molecule has 0 fully saturated rings. The second-order valence-corrected chi connectivity index (χ2v) is 7.62. The Kier molecular flexibility index (Phi) is 5.18. The Hall–Kier alpha value is -2.18. The maximum atomic E-state index is 12.2. The van der Waals surface area contributed by atoms with Gasteiger partial charge in [0.05, 0.1) is 11.3 Å². The van der Waals surface area contributed by atoms with Crippen LogP contribution in [0.5, 0.6) is 0 Å².